The van der Waals surface area contributed by atoms with E-state index in [2.05, 4.69) is 58.6 Å². The first-order valence-electron chi connectivity index (χ1n) is 15.8. The zero-order chi connectivity index (χ0) is 34.9. The molecule has 10 heteroatoms. The van der Waals surface area contributed by atoms with Gasteiger partial charge in [-0.05, 0) is 100 Å². The summed E-state index contributed by atoms with van der Waals surface area (Å²) in [7, 11) is -4.40. The number of hydrogen-bond donors (Lipinski definition) is 2. The normalized spacial score (nSPS) is 14.9. The molecule has 0 spiro atoms. The molecule has 0 saturated heterocycles. The number of rotatable bonds is 11. The van der Waals surface area contributed by atoms with Crippen LogP contribution < -0.4 is 10.0 Å². The van der Waals surface area contributed by atoms with Crippen LogP contribution in [-0.4, -0.2) is 31.5 Å². The Labute approximate surface area is 287 Å². The van der Waals surface area contributed by atoms with Gasteiger partial charge in [0.2, 0.25) is 0 Å². The first kappa shape index (κ1) is 34.9. The number of thioether (sulfide) groups is 1. The van der Waals surface area contributed by atoms with E-state index >= 15 is 0 Å². The van der Waals surface area contributed by atoms with Crippen molar-refractivity contribution >= 4 is 44.6 Å². The quantitative estimate of drug-likeness (QED) is 0.0703. The summed E-state index contributed by atoms with van der Waals surface area (Å²) in [6, 6.07) is 24.4. The molecule has 0 saturated carbocycles. The van der Waals surface area contributed by atoms with Crippen LogP contribution in [-0.2, 0) is 20.9 Å². The Kier molecular flexibility index (Phi) is 9.89. The summed E-state index contributed by atoms with van der Waals surface area (Å²) < 4.78 is 28.3. The summed E-state index contributed by atoms with van der Waals surface area (Å²) in [5.74, 6) is -0.198. The third-order valence-electron chi connectivity index (χ3n) is 9.15. The molecular formula is C38H41N3O5S2. The molecule has 0 unspecified atom stereocenters. The van der Waals surface area contributed by atoms with Crippen LogP contribution >= 0.6 is 11.8 Å². The molecule has 0 aliphatic heterocycles. The molecule has 5 rings (SSSR count). The Bertz CT molecular complexity index is 1990. The maximum atomic E-state index is 13.1. The SMILES string of the molecule is C=C(c1ccc(C(=O)NS(=O)(=O)c2ccc(NCCSc3ccccc3)c([N+](=O)[O-])c2)cc1)c1cc2c(cc1C)C(C)(C)CCC2(C)C. The van der Waals surface area contributed by atoms with E-state index in [1.165, 1.54) is 23.3 Å². The number of anilines is 1. The van der Waals surface area contributed by atoms with Crippen molar-refractivity contribution in [3.63, 3.8) is 0 Å². The Balaban J connectivity index is 1.28. The van der Waals surface area contributed by atoms with E-state index in [0.29, 0.717) is 12.3 Å². The molecule has 250 valence electrons. The zero-order valence-electron chi connectivity index (χ0n) is 27.9. The van der Waals surface area contributed by atoms with Crippen molar-refractivity contribution in [1.29, 1.82) is 0 Å². The number of nitrogens with zero attached hydrogens (tertiary/aromatic N) is 1. The monoisotopic (exact) mass is 683 g/mol. The Morgan fingerprint density at radius 2 is 1.50 bits per heavy atom. The second-order valence-electron chi connectivity index (χ2n) is 13.5. The van der Waals surface area contributed by atoms with E-state index < -0.39 is 26.5 Å². The van der Waals surface area contributed by atoms with Crippen molar-refractivity contribution in [3.8, 4) is 0 Å². The van der Waals surface area contributed by atoms with E-state index in [4.69, 9.17) is 0 Å². The number of nitrogens with one attached hydrogen (secondary N) is 2. The highest BCUT2D eigenvalue weighted by Crippen LogP contribution is 2.47. The molecule has 0 bridgehead atoms. The van der Waals surface area contributed by atoms with Gasteiger partial charge >= 0.3 is 0 Å². The van der Waals surface area contributed by atoms with Gasteiger partial charge in [-0.25, -0.2) is 13.1 Å². The molecule has 0 atom stereocenters. The van der Waals surface area contributed by atoms with Gasteiger partial charge in [-0.3, -0.25) is 14.9 Å². The Morgan fingerprint density at radius 1 is 0.896 bits per heavy atom. The second kappa shape index (κ2) is 13.6. The van der Waals surface area contributed by atoms with Crippen molar-refractivity contribution in [2.75, 3.05) is 17.6 Å². The molecular weight excluding hydrogens is 643 g/mol. The van der Waals surface area contributed by atoms with Crippen molar-refractivity contribution in [2.24, 2.45) is 0 Å². The molecule has 0 aromatic heterocycles. The molecule has 48 heavy (non-hydrogen) atoms. The Morgan fingerprint density at radius 3 is 2.12 bits per heavy atom. The van der Waals surface area contributed by atoms with Crippen molar-refractivity contribution in [1.82, 2.24) is 4.72 Å². The fourth-order valence-corrected chi connectivity index (χ4v) is 7.90. The van der Waals surface area contributed by atoms with Gasteiger partial charge in [0.15, 0.2) is 0 Å². The largest absolute Gasteiger partial charge is 0.379 e. The minimum absolute atomic E-state index is 0.0416. The molecule has 0 heterocycles. The summed E-state index contributed by atoms with van der Waals surface area (Å²) in [6.07, 6.45) is 2.22. The number of fused-ring (bicyclic) bond motifs is 1. The van der Waals surface area contributed by atoms with Crippen LogP contribution in [0.1, 0.15) is 78.7 Å². The zero-order valence-corrected chi connectivity index (χ0v) is 29.6. The number of hydrogen-bond acceptors (Lipinski definition) is 7. The van der Waals surface area contributed by atoms with E-state index in [1.54, 1.807) is 36.0 Å². The molecule has 8 nitrogen and oxygen atoms in total. The predicted molar refractivity (Wildman–Crippen MR) is 194 cm³/mol. The highest BCUT2D eigenvalue weighted by molar-refractivity contribution is 7.99. The van der Waals surface area contributed by atoms with Crippen LogP contribution in [0.25, 0.3) is 5.57 Å². The van der Waals surface area contributed by atoms with Crippen LogP contribution in [0, 0.1) is 17.0 Å². The number of nitro groups is 1. The van der Waals surface area contributed by atoms with Gasteiger partial charge in [0, 0.05) is 28.8 Å². The molecule has 0 radical (unpaired) electrons. The Hall–Kier alpha value is -4.41. The minimum atomic E-state index is -4.40. The molecule has 1 amide bonds. The smallest absolute Gasteiger partial charge is 0.293 e. The van der Waals surface area contributed by atoms with E-state index in [1.807, 2.05) is 35.1 Å². The van der Waals surface area contributed by atoms with Gasteiger partial charge in [0.25, 0.3) is 21.6 Å². The molecule has 2 N–H and O–H groups in total. The first-order chi connectivity index (χ1) is 22.6. The number of sulfonamides is 1. The number of amides is 1. The summed E-state index contributed by atoms with van der Waals surface area (Å²) in [5, 5.41) is 14.8. The van der Waals surface area contributed by atoms with E-state index in [0.717, 1.165) is 46.1 Å². The molecule has 1 aliphatic rings. The van der Waals surface area contributed by atoms with Gasteiger partial charge in [0.1, 0.15) is 5.69 Å². The van der Waals surface area contributed by atoms with Crippen LogP contribution in [0.4, 0.5) is 11.4 Å². The fourth-order valence-electron chi connectivity index (χ4n) is 6.12. The third kappa shape index (κ3) is 7.50. The predicted octanol–water partition coefficient (Wildman–Crippen LogP) is 8.64. The highest BCUT2D eigenvalue weighted by atomic mass is 32.2. The second-order valence-corrected chi connectivity index (χ2v) is 16.3. The summed E-state index contributed by atoms with van der Waals surface area (Å²) >= 11 is 1.59. The van der Waals surface area contributed by atoms with Crippen LogP contribution in [0.2, 0.25) is 0 Å². The lowest BCUT2D eigenvalue weighted by molar-refractivity contribution is -0.384. The van der Waals surface area contributed by atoms with Crippen molar-refractivity contribution < 1.29 is 18.1 Å². The van der Waals surface area contributed by atoms with Gasteiger partial charge in [-0.2, -0.15) is 0 Å². The number of aryl methyl sites for hydroxylation is 1. The lowest BCUT2D eigenvalue weighted by Crippen LogP contribution is -2.34. The minimum Gasteiger partial charge on any atom is -0.379 e. The first-order valence-corrected chi connectivity index (χ1v) is 18.3. The summed E-state index contributed by atoms with van der Waals surface area (Å²) in [4.78, 5) is 24.9. The van der Waals surface area contributed by atoms with Crippen molar-refractivity contribution in [2.45, 2.75) is 68.1 Å². The number of carbonyl (C=O) groups excluding carboxylic acids is 1. The molecule has 4 aromatic rings. The maximum absolute atomic E-state index is 13.1. The van der Waals surface area contributed by atoms with Gasteiger partial charge in [-0.15, -0.1) is 11.8 Å². The summed E-state index contributed by atoms with van der Waals surface area (Å²) in [5.41, 5.74) is 6.54. The van der Waals surface area contributed by atoms with Gasteiger partial charge in [-0.1, -0.05) is 76.7 Å². The molecule has 1 aliphatic carbocycles. The summed E-state index contributed by atoms with van der Waals surface area (Å²) in [6.45, 7) is 16.0. The molecule has 4 aromatic carbocycles. The van der Waals surface area contributed by atoms with Gasteiger partial charge in [0.05, 0.1) is 9.82 Å². The molecule has 0 fully saturated rings. The van der Waals surface area contributed by atoms with E-state index in [9.17, 15) is 23.3 Å². The van der Waals surface area contributed by atoms with Crippen LogP contribution in [0.5, 0.6) is 0 Å². The number of carbonyl (C=O) groups is 1. The average molecular weight is 684 g/mol. The lowest BCUT2D eigenvalue weighted by Gasteiger charge is -2.42. The standard InChI is InChI=1S/C38H41N3O5S2/c1-25-22-32-33(38(5,6)19-18-37(32,3)4)24-31(25)26(2)27-12-14-28(15-13-27)36(42)40-48(45,46)30-16-17-34(35(23-30)41(43)44)39-20-21-47-29-10-8-7-9-11-29/h7-17,22-24,39H,2,18-21H2,1,3-6H3,(H,40,42). The number of benzene rings is 4. The lowest BCUT2D eigenvalue weighted by atomic mass is 9.62. The topological polar surface area (TPSA) is 118 Å². The van der Waals surface area contributed by atoms with Crippen LogP contribution in [0.15, 0.2) is 101 Å². The maximum Gasteiger partial charge on any atom is 0.293 e. The average Bonchev–Trinajstić information content (AvgIpc) is 3.05. The van der Waals surface area contributed by atoms with Crippen LogP contribution in [0.3, 0.4) is 0 Å². The highest BCUT2D eigenvalue weighted by Gasteiger charge is 2.37. The number of nitro benzene ring substituents is 1. The van der Waals surface area contributed by atoms with Gasteiger partial charge < -0.3 is 5.32 Å². The third-order valence-corrected chi connectivity index (χ3v) is 11.5. The van der Waals surface area contributed by atoms with Crippen molar-refractivity contribution in [3.05, 3.63) is 135 Å². The fraction of sp³-hybridized carbons (Fsp3) is 0.289. The van der Waals surface area contributed by atoms with E-state index in [-0.39, 0.29) is 27.0 Å².